The molecule has 2 bridgehead atoms. The number of hydrogen-bond donors (Lipinski definition) is 1. The Labute approximate surface area is 163 Å². The lowest BCUT2D eigenvalue weighted by Gasteiger charge is -2.28. The maximum absolute atomic E-state index is 12.9. The Morgan fingerprint density at radius 3 is 2.36 bits per heavy atom. The number of alkyl halides is 2. The summed E-state index contributed by atoms with van der Waals surface area (Å²) >= 11 is 7.34. The molecule has 25 heavy (non-hydrogen) atoms. The zero-order chi connectivity index (χ0) is 17.9. The smallest absolute Gasteiger partial charge is 0.243 e. The number of halogens is 2. The minimum Gasteiger partial charge on any atom is -0.376 e. The van der Waals surface area contributed by atoms with Gasteiger partial charge in [-0.2, -0.15) is 0 Å². The standard InChI is InChI=1S/C17H22Br2N2O4/c1-7(15(22)20-6-8-3-2-4-25-8)21-16(23)11-9-5-10(12(11)17(21)24)14(19)13(9)18/h7-14H,2-6H2,1H3,(H,20,22)/t7-,8-,9-,10-,11-,12-,13-,14+/m0/s1. The van der Waals surface area contributed by atoms with E-state index in [2.05, 4.69) is 37.2 Å². The summed E-state index contributed by atoms with van der Waals surface area (Å²) in [6.45, 7) is 2.80. The molecule has 0 aromatic rings. The maximum atomic E-state index is 12.9. The number of ether oxygens (including phenoxy) is 1. The molecule has 4 aliphatic rings. The first kappa shape index (κ1) is 17.9. The van der Waals surface area contributed by atoms with Crippen LogP contribution >= 0.6 is 31.9 Å². The molecule has 8 atom stereocenters. The second-order valence-corrected chi connectivity index (χ2v) is 9.72. The van der Waals surface area contributed by atoms with Gasteiger partial charge in [0.05, 0.1) is 17.9 Å². The van der Waals surface area contributed by atoms with E-state index in [9.17, 15) is 14.4 Å². The lowest BCUT2D eigenvalue weighted by molar-refractivity contribution is -0.148. The van der Waals surface area contributed by atoms with Gasteiger partial charge in [0.25, 0.3) is 0 Å². The van der Waals surface area contributed by atoms with E-state index >= 15 is 0 Å². The molecule has 4 rings (SSSR count). The summed E-state index contributed by atoms with van der Waals surface area (Å²) in [5, 5.41) is 2.84. The van der Waals surface area contributed by atoms with Crippen molar-refractivity contribution in [2.45, 2.75) is 48.0 Å². The Kier molecular flexibility index (Phi) is 4.73. The minimum absolute atomic E-state index is 0.0414. The first-order valence-electron chi connectivity index (χ1n) is 8.96. The number of nitrogens with one attached hydrogen (secondary N) is 1. The lowest BCUT2D eigenvalue weighted by atomic mass is 9.81. The summed E-state index contributed by atoms with van der Waals surface area (Å²) in [6.07, 6.45) is 2.88. The summed E-state index contributed by atoms with van der Waals surface area (Å²) in [5.41, 5.74) is 0. The van der Waals surface area contributed by atoms with E-state index in [1.54, 1.807) is 6.92 Å². The van der Waals surface area contributed by atoms with Crippen LogP contribution in [0.2, 0.25) is 0 Å². The van der Waals surface area contributed by atoms with Crippen molar-refractivity contribution in [1.29, 1.82) is 0 Å². The second kappa shape index (κ2) is 6.60. The number of fused-ring (bicyclic) bond motifs is 5. The number of rotatable bonds is 4. The molecule has 8 heteroatoms. The van der Waals surface area contributed by atoms with Crippen LogP contribution in [0.3, 0.4) is 0 Å². The first-order valence-corrected chi connectivity index (χ1v) is 10.8. The van der Waals surface area contributed by atoms with Crippen LogP contribution in [0.4, 0.5) is 0 Å². The number of carbonyl (C=O) groups is 3. The first-order chi connectivity index (χ1) is 11.9. The van der Waals surface area contributed by atoms with Crippen molar-refractivity contribution < 1.29 is 19.1 Å². The molecule has 4 fully saturated rings. The SMILES string of the molecule is C[C@@H](C(=O)NC[C@@H]1CCCO1)N1C(=O)[C@H]2[C@@H]3C[C@H]([C@@H](Br)[C@H]3Br)[C@@H]2C1=O. The number of nitrogens with zero attached hydrogens (tertiary/aromatic N) is 1. The molecule has 3 amide bonds. The monoisotopic (exact) mass is 476 g/mol. The Balaban J connectivity index is 1.45. The molecule has 138 valence electrons. The molecule has 0 aromatic carbocycles. The Morgan fingerprint density at radius 1 is 1.24 bits per heavy atom. The van der Waals surface area contributed by atoms with E-state index in [0.29, 0.717) is 6.54 Å². The summed E-state index contributed by atoms with van der Waals surface area (Å²) in [7, 11) is 0. The van der Waals surface area contributed by atoms with Crippen molar-refractivity contribution in [2.75, 3.05) is 13.2 Å². The van der Waals surface area contributed by atoms with Crippen molar-refractivity contribution in [2.24, 2.45) is 23.7 Å². The van der Waals surface area contributed by atoms with E-state index in [0.717, 1.165) is 25.9 Å². The Morgan fingerprint density at radius 2 is 1.84 bits per heavy atom. The Bertz CT molecular complexity index is 577. The van der Waals surface area contributed by atoms with Crippen molar-refractivity contribution in [3.05, 3.63) is 0 Å². The third-order valence-corrected chi connectivity index (χ3v) is 9.52. The number of amides is 3. The van der Waals surface area contributed by atoms with Crippen LogP contribution in [0.15, 0.2) is 0 Å². The van der Waals surface area contributed by atoms with Gasteiger partial charge in [0, 0.05) is 22.8 Å². The number of carbonyl (C=O) groups excluding carboxylic acids is 3. The number of likely N-dealkylation sites (tertiary alicyclic amines) is 1. The average molecular weight is 478 g/mol. The predicted molar refractivity (Wildman–Crippen MR) is 97.3 cm³/mol. The highest BCUT2D eigenvalue weighted by Gasteiger charge is 2.67. The highest BCUT2D eigenvalue weighted by molar-refractivity contribution is 9.12. The maximum Gasteiger partial charge on any atom is 0.243 e. The summed E-state index contributed by atoms with van der Waals surface area (Å²) < 4.78 is 5.50. The third kappa shape index (κ3) is 2.70. The average Bonchev–Trinajstić information content (AvgIpc) is 3.33. The molecule has 2 heterocycles. The van der Waals surface area contributed by atoms with Crippen LogP contribution in [0.5, 0.6) is 0 Å². The van der Waals surface area contributed by atoms with Crippen molar-refractivity contribution in [3.63, 3.8) is 0 Å². The Hall–Kier alpha value is -0.470. The highest BCUT2D eigenvalue weighted by atomic mass is 79.9. The fourth-order valence-corrected chi connectivity index (χ4v) is 6.91. The van der Waals surface area contributed by atoms with Crippen LogP contribution in [-0.4, -0.2) is 57.6 Å². The van der Waals surface area contributed by atoms with Gasteiger partial charge in [-0.3, -0.25) is 19.3 Å². The van der Waals surface area contributed by atoms with E-state index in [1.165, 1.54) is 4.90 Å². The van der Waals surface area contributed by atoms with Gasteiger partial charge >= 0.3 is 0 Å². The molecule has 1 N–H and O–H groups in total. The quantitative estimate of drug-likeness (QED) is 0.491. The van der Waals surface area contributed by atoms with Gasteiger partial charge in [0.2, 0.25) is 17.7 Å². The summed E-state index contributed by atoms with van der Waals surface area (Å²) in [4.78, 5) is 39.9. The van der Waals surface area contributed by atoms with Crippen molar-refractivity contribution in [3.8, 4) is 0 Å². The van der Waals surface area contributed by atoms with Crippen LogP contribution in [-0.2, 0) is 19.1 Å². The van der Waals surface area contributed by atoms with Gasteiger partial charge in [-0.15, -0.1) is 0 Å². The van der Waals surface area contributed by atoms with E-state index < -0.39 is 6.04 Å². The van der Waals surface area contributed by atoms with Crippen LogP contribution in [0.1, 0.15) is 26.2 Å². The van der Waals surface area contributed by atoms with Crippen LogP contribution < -0.4 is 5.32 Å². The van der Waals surface area contributed by atoms with E-state index in [1.807, 2.05) is 0 Å². The van der Waals surface area contributed by atoms with Crippen molar-refractivity contribution in [1.82, 2.24) is 10.2 Å². The van der Waals surface area contributed by atoms with Gasteiger partial charge in [0.1, 0.15) is 6.04 Å². The third-order valence-electron chi connectivity index (χ3n) is 6.32. The zero-order valence-electron chi connectivity index (χ0n) is 14.0. The number of imide groups is 1. The topological polar surface area (TPSA) is 75.7 Å². The van der Waals surface area contributed by atoms with Gasteiger partial charge in [-0.25, -0.2) is 0 Å². The van der Waals surface area contributed by atoms with E-state index in [4.69, 9.17) is 4.74 Å². The normalized spacial score (nSPS) is 43.6. The fraction of sp³-hybridized carbons (Fsp3) is 0.824. The van der Waals surface area contributed by atoms with Gasteiger partial charge in [0.15, 0.2) is 0 Å². The van der Waals surface area contributed by atoms with Crippen LogP contribution in [0, 0.1) is 23.7 Å². The van der Waals surface area contributed by atoms with Gasteiger partial charge < -0.3 is 10.1 Å². The molecule has 2 saturated heterocycles. The second-order valence-electron chi connectivity index (χ2n) is 7.61. The molecule has 0 spiro atoms. The molecule has 6 nitrogen and oxygen atoms in total. The van der Waals surface area contributed by atoms with Crippen molar-refractivity contribution >= 4 is 49.6 Å². The molecular weight excluding hydrogens is 456 g/mol. The van der Waals surface area contributed by atoms with Gasteiger partial charge in [-0.1, -0.05) is 31.9 Å². The predicted octanol–water partition coefficient (Wildman–Crippen LogP) is 1.45. The van der Waals surface area contributed by atoms with E-state index in [-0.39, 0.29) is 57.2 Å². The zero-order valence-corrected chi connectivity index (χ0v) is 17.2. The molecule has 0 aromatic heterocycles. The molecular formula is C17H22Br2N2O4. The fourth-order valence-electron chi connectivity index (χ4n) is 5.04. The van der Waals surface area contributed by atoms with Gasteiger partial charge in [-0.05, 0) is 38.0 Å². The minimum atomic E-state index is -0.769. The molecule has 2 saturated carbocycles. The molecule has 2 aliphatic heterocycles. The summed E-state index contributed by atoms with van der Waals surface area (Å²) in [5.74, 6) is -0.841. The molecule has 0 radical (unpaired) electrons. The molecule has 0 unspecified atom stereocenters. The summed E-state index contributed by atoms with van der Waals surface area (Å²) in [6, 6.07) is -0.769. The largest absolute Gasteiger partial charge is 0.376 e. The number of hydrogen-bond acceptors (Lipinski definition) is 4. The lowest BCUT2D eigenvalue weighted by Crippen LogP contribution is -2.50. The highest BCUT2D eigenvalue weighted by Crippen LogP contribution is 2.60. The molecule has 2 aliphatic carbocycles. The van der Waals surface area contributed by atoms with Crippen LogP contribution in [0.25, 0.3) is 0 Å².